The molecule has 0 amide bonds. The Labute approximate surface area is 88.2 Å². The number of anilines is 1. The molecule has 1 aromatic rings. The van der Waals surface area contributed by atoms with E-state index >= 15 is 0 Å². The molecule has 82 valence electrons. The number of hydrogen-bond donors (Lipinski definition) is 1. The van der Waals surface area contributed by atoms with E-state index in [4.69, 9.17) is 10.5 Å². The first kappa shape index (κ1) is 10.0. The van der Waals surface area contributed by atoms with E-state index in [1.807, 2.05) is 0 Å². The van der Waals surface area contributed by atoms with Gasteiger partial charge in [-0.05, 0) is 12.3 Å². The van der Waals surface area contributed by atoms with Crippen molar-refractivity contribution in [1.82, 2.24) is 9.78 Å². The average molecular weight is 209 g/mol. The lowest BCUT2D eigenvalue weighted by molar-refractivity contribution is -0.144. The fraction of sp³-hybridized carbons (Fsp3) is 0.600. The van der Waals surface area contributed by atoms with Crippen LogP contribution in [0.2, 0.25) is 0 Å². The van der Waals surface area contributed by atoms with Gasteiger partial charge in [-0.3, -0.25) is 9.48 Å². The number of aromatic nitrogens is 2. The number of nitrogen functional groups attached to an aromatic ring is 1. The van der Waals surface area contributed by atoms with Crippen molar-refractivity contribution in [1.29, 1.82) is 0 Å². The van der Waals surface area contributed by atoms with Crippen LogP contribution < -0.4 is 5.73 Å². The van der Waals surface area contributed by atoms with Crippen LogP contribution in [0, 0.1) is 5.92 Å². The Morgan fingerprint density at radius 2 is 2.47 bits per heavy atom. The van der Waals surface area contributed by atoms with Crippen molar-refractivity contribution >= 4 is 11.7 Å². The third kappa shape index (κ3) is 3.27. The van der Waals surface area contributed by atoms with Gasteiger partial charge in [0.2, 0.25) is 0 Å². The van der Waals surface area contributed by atoms with Crippen LogP contribution in [-0.4, -0.2) is 22.4 Å². The molecule has 0 saturated heterocycles. The maximum absolute atomic E-state index is 11.3. The number of ether oxygens (including phenoxy) is 1. The van der Waals surface area contributed by atoms with E-state index < -0.39 is 0 Å². The molecule has 0 atom stereocenters. The minimum Gasteiger partial charge on any atom is -0.464 e. The highest BCUT2D eigenvalue weighted by Crippen LogP contribution is 2.32. The highest BCUT2D eigenvalue weighted by atomic mass is 16.5. The lowest BCUT2D eigenvalue weighted by Crippen LogP contribution is -2.14. The minimum atomic E-state index is -0.251. The Balaban J connectivity index is 1.67. The van der Waals surface area contributed by atoms with E-state index in [0.717, 1.165) is 12.3 Å². The summed E-state index contributed by atoms with van der Waals surface area (Å²) in [4.78, 5) is 11.3. The Morgan fingerprint density at radius 1 is 1.67 bits per heavy atom. The second-order valence-electron chi connectivity index (χ2n) is 3.92. The third-order valence-corrected chi connectivity index (χ3v) is 2.43. The Morgan fingerprint density at radius 3 is 3.07 bits per heavy atom. The number of esters is 1. The zero-order chi connectivity index (χ0) is 10.7. The molecule has 0 radical (unpaired) electrons. The van der Waals surface area contributed by atoms with Gasteiger partial charge in [0.25, 0.3) is 0 Å². The molecule has 1 heterocycles. The van der Waals surface area contributed by atoms with Crippen LogP contribution >= 0.6 is 0 Å². The molecule has 2 N–H and O–H groups in total. The van der Waals surface area contributed by atoms with Crippen molar-refractivity contribution in [3.63, 3.8) is 0 Å². The van der Waals surface area contributed by atoms with Crippen molar-refractivity contribution in [2.75, 3.05) is 12.3 Å². The van der Waals surface area contributed by atoms with Crippen molar-refractivity contribution in [2.24, 2.45) is 5.92 Å². The summed E-state index contributed by atoms with van der Waals surface area (Å²) in [6, 6.07) is 0. The van der Waals surface area contributed by atoms with Crippen molar-refractivity contribution in [3.05, 3.63) is 12.4 Å². The summed E-state index contributed by atoms with van der Waals surface area (Å²) in [5.41, 5.74) is 6.02. The van der Waals surface area contributed by atoms with E-state index in [2.05, 4.69) is 5.10 Å². The van der Waals surface area contributed by atoms with Gasteiger partial charge in [0, 0.05) is 6.20 Å². The van der Waals surface area contributed by atoms with Crippen LogP contribution in [0.5, 0.6) is 0 Å². The number of hydrogen-bond acceptors (Lipinski definition) is 4. The lowest BCUT2D eigenvalue weighted by Gasteiger charge is -2.03. The monoisotopic (exact) mass is 209 g/mol. The molecule has 0 bridgehead atoms. The predicted molar refractivity (Wildman–Crippen MR) is 54.9 cm³/mol. The van der Waals surface area contributed by atoms with Crippen LogP contribution in [0.3, 0.4) is 0 Å². The zero-order valence-corrected chi connectivity index (χ0v) is 8.56. The van der Waals surface area contributed by atoms with E-state index in [1.165, 1.54) is 23.7 Å². The fourth-order valence-corrected chi connectivity index (χ4v) is 1.39. The lowest BCUT2D eigenvalue weighted by atomic mass is 10.3. The summed E-state index contributed by atoms with van der Waals surface area (Å²) in [7, 11) is 0. The highest BCUT2D eigenvalue weighted by molar-refractivity contribution is 5.69. The second-order valence-corrected chi connectivity index (χ2v) is 3.92. The molecule has 1 aromatic heterocycles. The van der Waals surface area contributed by atoms with Gasteiger partial charge in [-0.15, -0.1) is 0 Å². The van der Waals surface area contributed by atoms with E-state index in [9.17, 15) is 4.79 Å². The molecule has 2 rings (SSSR count). The molecular weight excluding hydrogens is 194 g/mol. The van der Waals surface area contributed by atoms with E-state index in [1.54, 1.807) is 6.20 Å². The van der Waals surface area contributed by atoms with Crippen molar-refractivity contribution in [2.45, 2.75) is 25.8 Å². The maximum atomic E-state index is 11.3. The zero-order valence-electron chi connectivity index (χ0n) is 8.56. The quantitative estimate of drug-likeness (QED) is 0.728. The first-order valence-electron chi connectivity index (χ1n) is 5.17. The molecule has 0 spiro atoms. The Kier molecular flexibility index (Phi) is 2.89. The van der Waals surface area contributed by atoms with Crippen molar-refractivity contribution in [3.8, 4) is 0 Å². The van der Waals surface area contributed by atoms with Gasteiger partial charge >= 0.3 is 5.97 Å². The number of carbonyl (C=O) groups is 1. The summed E-state index contributed by atoms with van der Waals surface area (Å²) in [5, 5.41) is 3.90. The summed E-state index contributed by atoms with van der Waals surface area (Å²) in [6.45, 7) is 0.669. The molecule has 5 nitrogen and oxygen atoms in total. The number of nitrogens with zero attached hydrogens (tertiary/aromatic N) is 2. The smallest absolute Gasteiger partial charge is 0.327 e. The summed E-state index contributed by atoms with van der Waals surface area (Å²) >= 11 is 0. The highest BCUT2D eigenvalue weighted by Gasteiger charge is 2.21. The molecule has 0 unspecified atom stereocenters. The molecule has 1 fully saturated rings. The Bertz CT molecular complexity index is 344. The van der Waals surface area contributed by atoms with E-state index in [-0.39, 0.29) is 12.5 Å². The normalized spacial score (nSPS) is 15.2. The topological polar surface area (TPSA) is 70.1 Å². The molecule has 1 aliphatic carbocycles. The van der Waals surface area contributed by atoms with Gasteiger partial charge in [0.15, 0.2) is 0 Å². The first-order chi connectivity index (χ1) is 7.24. The molecule has 15 heavy (non-hydrogen) atoms. The van der Waals surface area contributed by atoms with Gasteiger partial charge in [-0.25, -0.2) is 0 Å². The van der Waals surface area contributed by atoms with Gasteiger partial charge in [0.1, 0.15) is 6.54 Å². The molecule has 0 aliphatic heterocycles. The molecule has 0 aromatic carbocycles. The van der Waals surface area contributed by atoms with Gasteiger partial charge < -0.3 is 10.5 Å². The van der Waals surface area contributed by atoms with Gasteiger partial charge in [-0.1, -0.05) is 12.8 Å². The van der Waals surface area contributed by atoms with Gasteiger partial charge in [-0.2, -0.15) is 5.10 Å². The number of carbonyl (C=O) groups excluding carboxylic acids is 1. The van der Waals surface area contributed by atoms with Gasteiger partial charge in [0.05, 0.1) is 18.5 Å². The third-order valence-electron chi connectivity index (χ3n) is 2.43. The average Bonchev–Trinajstić information content (AvgIpc) is 2.91. The fourth-order valence-electron chi connectivity index (χ4n) is 1.39. The second kappa shape index (κ2) is 4.33. The summed E-state index contributed by atoms with van der Waals surface area (Å²) in [5.74, 6) is 0.539. The standard InChI is InChI=1S/C10H15N3O2/c11-9-5-12-13(6-9)7-10(14)15-4-3-8-1-2-8/h5-6,8H,1-4,7,11H2. The predicted octanol–water partition coefficient (Wildman–Crippen LogP) is 0.809. The van der Waals surface area contributed by atoms with E-state index in [0.29, 0.717) is 12.3 Å². The van der Waals surface area contributed by atoms with Crippen molar-refractivity contribution < 1.29 is 9.53 Å². The molecular formula is C10H15N3O2. The Hall–Kier alpha value is -1.52. The SMILES string of the molecule is Nc1cnn(CC(=O)OCCC2CC2)c1. The summed E-state index contributed by atoms with van der Waals surface area (Å²) < 4.78 is 6.55. The molecule has 1 aliphatic rings. The van der Waals surface area contributed by atoms with Crippen LogP contribution in [0.1, 0.15) is 19.3 Å². The van der Waals surface area contributed by atoms with Crippen LogP contribution in [0.4, 0.5) is 5.69 Å². The first-order valence-corrected chi connectivity index (χ1v) is 5.17. The molecule has 1 saturated carbocycles. The van der Waals surface area contributed by atoms with Crippen LogP contribution in [0.25, 0.3) is 0 Å². The minimum absolute atomic E-state index is 0.141. The van der Waals surface area contributed by atoms with Crippen LogP contribution in [0.15, 0.2) is 12.4 Å². The maximum Gasteiger partial charge on any atom is 0.327 e. The molecule has 5 heteroatoms. The number of nitrogens with two attached hydrogens (primary N) is 1. The number of rotatable bonds is 5. The largest absolute Gasteiger partial charge is 0.464 e. The summed E-state index contributed by atoms with van der Waals surface area (Å²) in [6.07, 6.45) is 6.69. The van der Waals surface area contributed by atoms with Crippen LogP contribution in [-0.2, 0) is 16.1 Å².